The maximum atomic E-state index is 14.4. The number of aliphatic hydroxyl groups excluding tert-OH is 1. The van der Waals surface area contributed by atoms with Crippen LogP contribution >= 0.6 is 0 Å². The molecule has 0 aliphatic carbocycles. The molecule has 2 heterocycles. The smallest absolute Gasteiger partial charge is 0.338 e. The van der Waals surface area contributed by atoms with E-state index in [2.05, 4.69) is 0 Å². The molecule has 1 aromatic carbocycles. The van der Waals surface area contributed by atoms with Gasteiger partial charge >= 0.3 is 11.9 Å². The maximum Gasteiger partial charge on any atom is 0.338 e. The van der Waals surface area contributed by atoms with Gasteiger partial charge in [0.15, 0.2) is 18.1 Å². The fraction of sp³-hybridized carbons (Fsp3) is 0.429. The molecule has 0 amide bonds. The molecule has 0 aromatic heterocycles. The van der Waals surface area contributed by atoms with E-state index in [0.717, 1.165) is 6.92 Å². The Morgan fingerprint density at radius 3 is 2.67 bits per heavy atom. The summed E-state index contributed by atoms with van der Waals surface area (Å²) in [6.45, 7) is 0.747. The van der Waals surface area contributed by atoms with Gasteiger partial charge in [-0.3, -0.25) is 0 Å². The zero-order valence-corrected chi connectivity index (χ0v) is 11.1. The number of esters is 2. The number of aliphatic hydroxyl groups is 1. The first-order valence-electron chi connectivity index (χ1n) is 6.40. The molecule has 7 heteroatoms. The molecule has 2 aliphatic heterocycles. The SMILES string of the molecule is C[C@@]1(F)[C@@H]2OC(=O)c3cccc(c3)C(=O)OC[C@H]2O[C@@H]1O. The number of alkyl halides is 1. The number of hydrogen-bond donors (Lipinski definition) is 1. The van der Waals surface area contributed by atoms with Crippen LogP contribution in [0.25, 0.3) is 0 Å². The van der Waals surface area contributed by atoms with Gasteiger partial charge in [0.05, 0.1) is 11.1 Å². The molecule has 112 valence electrons. The van der Waals surface area contributed by atoms with Crippen LogP contribution in [0.4, 0.5) is 4.39 Å². The number of ether oxygens (including phenoxy) is 3. The minimum Gasteiger partial charge on any atom is -0.459 e. The fourth-order valence-electron chi connectivity index (χ4n) is 2.39. The van der Waals surface area contributed by atoms with E-state index >= 15 is 0 Å². The molecule has 2 bridgehead atoms. The lowest BCUT2D eigenvalue weighted by Gasteiger charge is -2.26. The van der Waals surface area contributed by atoms with Crippen molar-refractivity contribution in [3.8, 4) is 0 Å². The monoisotopic (exact) mass is 296 g/mol. The normalized spacial score (nSPS) is 35.7. The van der Waals surface area contributed by atoms with Crippen LogP contribution in [0.2, 0.25) is 0 Å². The molecule has 0 spiro atoms. The van der Waals surface area contributed by atoms with E-state index in [4.69, 9.17) is 14.2 Å². The number of rotatable bonds is 0. The second-order valence-corrected chi connectivity index (χ2v) is 5.18. The largest absolute Gasteiger partial charge is 0.459 e. The Morgan fingerprint density at radius 1 is 1.29 bits per heavy atom. The lowest BCUT2D eigenvalue weighted by Crippen LogP contribution is -2.45. The Bertz CT molecular complexity index is 599. The topological polar surface area (TPSA) is 82.1 Å². The third-order valence-corrected chi connectivity index (χ3v) is 3.63. The molecule has 0 saturated carbocycles. The van der Waals surface area contributed by atoms with E-state index < -0.39 is 36.1 Å². The van der Waals surface area contributed by atoms with Gasteiger partial charge in [0.1, 0.15) is 12.7 Å². The Hall–Kier alpha value is -1.99. The highest BCUT2D eigenvalue weighted by Crippen LogP contribution is 2.36. The zero-order valence-electron chi connectivity index (χ0n) is 11.1. The third kappa shape index (κ3) is 2.28. The first kappa shape index (κ1) is 14.0. The fourth-order valence-corrected chi connectivity index (χ4v) is 2.39. The van der Waals surface area contributed by atoms with Crippen LogP contribution in [0.1, 0.15) is 27.6 Å². The molecule has 2 aliphatic rings. The quantitative estimate of drug-likeness (QED) is 0.714. The average molecular weight is 296 g/mol. The second-order valence-electron chi connectivity index (χ2n) is 5.18. The van der Waals surface area contributed by atoms with Gasteiger partial charge in [-0.15, -0.1) is 0 Å². The van der Waals surface area contributed by atoms with Crippen LogP contribution < -0.4 is 0 Å². The minimum absolute atomic E-state index is 0.0993. The molecule has 1 saturated heterocycles. The molecular weight excluding hydrogens is 283 g/mol. The van der Waals surface area contributed by atoms with Crippen molar-refractivity contribution in [3.05, 3.63) is 35.4 Å². The number of benzene rings is 1. The van der Waals surface area contributed by atoms with Crippen molar-refractivity contribution in [3.63, 3.8) is 0 Å². The van der Waals surface area contributed by atoms with Gasteiger partial charge in [-0.1, -0.05) is 6.07 Å². The lowest BCUT2D eigenvalue weighted by atomic mass is 9.99. The van der Waals surface area contributed by atoms with Crippen LogP contribution in [0.15, 0.2) is 24.3 Å². The first-order chi connectivity index (χ1) is 9.89. The Kier molecular flexibility index (Phi) is 3.18. The highest BCUT2D eigenvalue weighted by Gasteiger charge is 2.57. The summed E-state index contributed by atoms with van der Waals surface area (Å²) in [6, 6.07) is 5.74. The van der Waals surface area contributed by atoms with E-state index in [9.17, 15) is 19.1 Å². The molecular formula is C14H13FO6. The number of hydrogen-bond acceptors (Lipinski definition) is 6. The molecule has 6 nitrogen and oxygen atoms in total. The molecule has 0 radical (unpaired) electrons. The second kappa shape index (κ2) is 4.78. The van der Waals surface area contributed by atoms with Crippen molar-refractivity contribution >= 4 is 11.9 Å². The van der Waals surface area contributed by atoms with E-state index in [1.807, 2.05) is 0 Å². The van der Waals surface area contributed by atoms with E-state index in [1.54, 1.807) is 0 Å². The highest BCUT2D eigenvalue weighted by molar-refractivity contribution is 5.95. The van der Waals surface area contributed by atoms with E-state index in [1.165, 1.54) is 24.3 Å². The van der Waals surface area contributed by atoms with Crippen LogP contribution in [-0.2, 0) is 14.2 Å². The first-order valence-corrected chi connectivity index (χ1v) is 6.40. The third-order valence-electron chi connectivity index (χ3n) is 3.63. The highest BCUT2D eigenvalue weighted by atomic mass is 19.1. The lowest BCUT2D eigenvalue weighted by molar-refractivity contribution is -0.144. The van der Waals surface area contributed by atoms with Crippen LogP contribution in [0.5, 0.6) is 0 Å². The zero-order chi connectivity index (χ0) is 15.2. The summed E-state index contributed by atoms with van der Waals surface area (Å²) < 4.78 is 29.6. The summed E-state index contributed by atoms with van der Waals surface area (Å²) in [7, 11) is 0. The Labute approximate surface area is 119 Å². The van der Waals surface area contributed by atoms with Gasteiger partial charge in [-0.2, -0.15) is 0 Å². The number of fused-ring (bicyclic) bond motifs is 3. The van der Waals surface area contributed by atoms with Gasteiger partial charge < -0.3 is 19.3 Å². The molecule has 1 aromatic rings. The van der Waals surface area contributed by atoms with Crippen LogP contribution in [0.3, 0.4) is 0 Å². The number of halogens is 1. The summed E-state index contributed by atoms with van der Waals surface area (Å²) in [5.41, 5.74) is -2.00. The van der Waals surface area contributed by atoms with Gasteiger partial charge in [0.2, 0.25) is 0 Å². The maximum absolute atomic E-state index is 14.4. The Morgan fingerprint density at radius 2 is 1.95 bits per heavy atom. The molecule has 4 atom stereocenters. The van der Waals surface area contributed by atoms with Crippen molar-refractivity contribution in [2.24, 2.45) is 0 Å². The summed E-state index contributed by atoms with van der Waals surface area (Å²) in [5, 5.41) is 9.58. The average Bonchev–Trinajstić information content (AvgIpc) is 2.67. The van der Waals surface area contributed by atoms with Crippen molar-refractivity contribution in [1.29, 1.82) is 0 Å². The van der Waals surface area contributed by atoms with Gasteiger partial charge in [0.25, 0.3) is 0 Å². The standard InChI is InChI=1S/C14H13FO6/c1-14(15)10-9(20-13(14)18)6-19-11(16)7-3-2-4-8(5-7)12(17)21-10/h2-5,9-10,13,18H,6H2,1H3/t9-,10-,13+,14-/m1/s1. The summed E-state index contributed by atoms with van der Waals surface area (Å²) >= 11 is 0. The minimum atomic E-state index is -2.29. The summed E-state index contributed by atoms with van der Waals surface area (Å²) in [4.78, 5) is 23.9. The predicted octanol–water partition coefficient (Wildman–Crippen LogP) is 0.828. The number of cyclic esters (lactones) is 1. The van der Waals surface area contributed by atoms with E-state index in [-0.39, 0.29) is 17.7 Å². The Balaban J connectivity index is 1.99. The van der Waals surface area contributed by atoms with Crippen molar-refractivity contribution in [2.45, 2.75) is 31.1 Å². The molecule has 21 heavy (non-hydrogen) atoms. The number of carbonyl (C=O) groups excluding carboxylic acids is 2. The van der Waals surface area contributed by atoms with Crippen molar-refractivity contribution in [2.75, 3.05) is 6.61 Å². The number of carbonyl (C=O) groups is 2. The van der Waals surface area contributed by atoms with Crippen molar-refractivity contribution in [1.82, 2.24) is 0 Å². The van der Waals surface area contributed by atoms with Crippen molar-refractivity contribution < 1.29 is 33.3 Å². The molecule has 3 rings (SSSR count). The summed E-state index contributed by atoms with van der Waals surface area (Å²) in [6.07, 6.45) is -4.19. The van der Waals surface area contributed by atoms with Crippen LogP contribution in [0, 0.1) is 0 Å². The van der Waals surface area contributed by atoms with Gasteiger partial charge in [-0.05, 0) is 25.1 Å². The van der Waals surface area contributed by atoms with E-state index in [0.29, 0.717) is 0 Å². The molecule has 1 N–H and O–H groups in total. The van der Waals surface area contributed by atoms with Gasteiger partial charge in [0, 0.05) is 0 Å². The summed E-state index contributed by atoms with van der Waals surface area (Å²) in [5.74, 6) is -1.45. The molecule has 1 fully saturated rings. The van der Waals surface area contributed by atoms with Crippen LogP contribution in [-0.4, -0.2) is 47.8 Å². The molecule has 0 unspecified atom stereocenters. The predicted molar refractivity (Wildman–Crippen MR) is 66.3 cm³/mol. The van der Waals surface area contributed by atoms with Gasteiger partial charge in [-0.25, -0.2) is 14.0 Å².